The lowest BCUT2D eigenvalue weighted by atomic mass is 9.80. The van der Waals surface area contributed by atoms with E-state index >= 15 is 0 Å². The van der Waals surface area contributed by atoms with E-state index in [1.807, 2.05) is 0 Å². The summed E-state index contributed by atoms with van der Waals surface area (Å²) in [4.78, 5) is 0. The van der Waals surface area contributed by atoms with Gasteiger partial charge < -0.3 is 5.11 Å². The molecule has 0 aliphatic heterocycles. The fourth-order valence-corrected chi connectivity index (χ4v) is 3.16. The molecule has 2 unspecified atom stereocenters. The van der Waals surface area contributed by atoms with Crippen molar-refractivity contribution in [2.45, 2.75) is 77.7 Å². The van der Waals surface area contributed by atoms with E-state index in [0.29, 0.717) is 0 Å². The van der Waals surface area contributed by atoms with Gasteiger partial charge >= 0.3 is 0 Å². The van der Waals surface area contributed by atoms with E-state index < -0.39 is 0 Å². The second-order valence-electron chi connectivity index (χ2n) is 5.38. The monoisotopic (exact) mass is 212 g/mol. The van der Waals surface area contributed by atoms with Crippen LogP contribution in [-0.4, -0.2) is 10.7 Å². The molecule has 0 aromatic rings. The second-order valence-corrected chi connectivity index (χ2v) is 5.38. The minimum Gasteiger partial charge on any atom is -0.390 e. The van der Waals surface area contributed by atoms with Crippen molar-refractivity contribution < 1.29 is 5.11 Å². The first-order valence-electron chi connectivity index (χ1n) is 6.87. The van der Waals surface area contributed by atoms with Crippen molar-refractivity contribution in [1.29, 1.82) is 0 Å². The summed E-state index contributed by atoms with van der Waals surface area (Å²) in [5.41, 5.74) is -0.374. The normalized spacial score (nSPS) is 27.2. The maximum atomic E-state index is 10.4. The third kappa shape index (κ3) is 3.48. The maximum absolute atomic E-state index is 10.4. The molecule has 1 N–H and O–H groups in total. The second kappa shape index (κ2) is 5.89. The average molecular weight is 212 g/mol. The van der Waals surface area contributed by atoms with E-state index in [1.54, 1.807) is 0 Å². The highest BCUT2D eigenvalue weighted by Crippen LogP contribution is 2.40. The van der Waals surface area contributed by atoms with E-state index in [4.69, 9.17) is 0 Å². The summed E-state index contributed by atoms with van der Waals surface area (Å²) in [6, 6.07) is 0. The molecule has 1 rings (SSSR count). The van der Waals surface area contributed by atoms with Gasteiger partial charge in [0.15, 0.2) is 0 Å². The van der Waals surface area contributed by atoms with Gasteiger partial charge in [0.1, 0.15) is 0 Å². The van der Waals surface area contributed by atoms with Crippen LogP contribution in [0.2, 0.25) is 0 Å². The third-order valence-electron chi connectivity index (χ3n) is 4.43. The molecule has 2 atom stereocenters. The van der Waals surface area contributed by atoms with Crippen molar-refractivity contribution in [2.24, 2.45) is 11.8 Å². The first-order valence-corrected chi connectivity index (χ1v) is 6.87. The van der Waals surface area contributed by atoms with E-state index in [-0.39, 0.29) is 5.60 Å². The predicted molar refractivity (Wildman–Crippen MR) is 65.9 cm³/mol. The van der Waals surface area contributed by atoms with E-state index in [2.05, 4.69) is 20.8 Å². The van der Waals surface area contributed by atoms with Gasteiger partial charge in [-0.3, -0.25) is 0 Å². The van der Waals surface area contributed by atoms with E-state index in [1.165, 1.54) is 32.1 Å². The van der Waals surface area contributed by atoms with Gasteiger partial charge in [-0.2, -0.15) is 0 Å². The smallest absolute Gasteiger partial charge is 0.0645 e. The number of rotatable bonds is 6. The van der Waals surface area contributed by atoms with Gasteiger partial charge in [0.2, 0.25) is 0 Å². The highest BCUT2D eigenvalue weighted by molar-refractivity contribution is 4.85. The summed E-state index contributed by atoms with van der Waals surface area (Å²) < 4.78 is 0. The summed E-state index contributed by atoms with van der Waals surface area (Å²) in [7, 11) is 0. The Hall–Kier alpha value is -0.0400. The van der Waals surface area contributed by atoms with Crippen LogP contribution in [0.15, 0.2) is 0 Å². The lowest BCUT2D eigenvalue weighted by molar-refractivity contribution is 0.00198. The Labute approximate surface area is 95.3 Å². The van der Waals surface area contributed by atoms with Gasteiger partial charge in [-0.05, 0) is 31.1 Å². The topological polar surface area (TPSA) is 20.2 Å². The van der Waals surface area contributed by atoms with Crippen molar-refractivity contribution >= 4 is 0 Å². The molecule has 1 saturated carbocycles. The molecule has 0 spiro atoms. The molecule has 0 heterocycles. The summed E-state index contributed by atoms with van der Waals surface area (Å²) in [6.07, 6.45) is 9.70. The molecule has 1 aliphatic rings. The molecule has 0 radical (unpaired) electrons. The zero-order chi connectivity index (χ0) is 11.3. The highest BCUT2D eigenvalue weighted by atomic mass is 16.3. The van der Waals surface area contributed by atoms with Crippen LogP contribution in [-0.2, 0) is 0 Å². The van der Waals surface area contributed by atoms with E-state index in [0.717, 1.165) is 31.1 Å². The highest BCUT2D eigenvalue weighted by Gasteiger charge is 2.33. The zero-order valence-corrected chi connectivity index (χ0v) is 10.8. The Morgan fingerprint density at radius 1 is 1.07 bits per heavy atom. The molecule has 0 aromatic heterocycles. The van der Waals surface area contributed by atoms with Crippen LogP contribution in [0.25, 0.3) is 0 Å². The molecule has 1 aliphatic carbocycles. The van der Waals surface area contributed by atoms with Crippen LogP contribution < -0.4 is 0 Å². The SMILES string of the molecule is CCCC1CCCC1CC(O)(CC)CC. The third-order valence-corrected chi connectivity index (χ3v) is 4.43. The van der Waals surface area contributed by atoms with Crippen LogP contribution in [0.4, 0.5) is 0 Å². The van der Waals surface area contributed by atoms with Crippen LogP contribution in [0.3, 0.4) is 0 Å². The van der Waals surface area contributed by atoms with E-state index in [9.17, 15) is 5.11 Å². The van der Waals surface area contributed by atoms with Crippen molar-refractivity contribution in [1.82, 2.24) is 0 Å². The standard InChI is InChI=1S/C14H28O/c1-4-8-12-9-7-10-13(12)11-14(15,5-2)6-3/h12-13,15H,4-11H2,1-3H3. The molecule has 1 fully saturated rings. The van der Waals surface area contributed by atoms with Crippen LogP contribution in [0.5, 0.6) is 0 Å². The van der Waals surface area contributed by atoms with Gasteiger partial charge in [-0.15, -0.1) is 0 Å². The number of aliphatic hydroxyl groups is 1. The fraction of sp³-hybridized carbons (Fsp3) is 1.00. The van der Waals surface area contributed by atoms with Gasteiger partial charge in [0.25, 0.3) is 0 Å². The first-order chi connectivity index (χ1) is 7.15. The summed E-state index contributed by atoms with van der Waals surface area (Å²) in [6.45, 7) is 6.52. The fourth-order valence-electron chi connectivity index (χ4n) is 3.16. The summed E-state index contributed by atoms with van der Waals surface area (Å²) in [5, 5.41) is 10.4. The van der Waals surface area contributed by atoms with Crippen LogP contribution in [0.1, 0.15) is 72.1 Å². The molecule has 15 heavy (non-hydrogen) atoms. The molecule has 90 valence electrons. The van der Waals surface area contributed by atoms with Crippen molar-refractivity contribution in [2.75, 3.05) is 0 Å². The Kier molecular flexibility index (Phi) is 5.11. The largest absolute Gasteiger partial charge is 0.390 e. The van der Waals surface area contributed by atoms with Gasteiger partial charge in [0, 0.05) is 0 Å². The van der Waals surface area contributed by atoms with Crippen molar-refractivity contribution in [3.05, 3.63) is 0 Å². The average Bonchev–Trinajstić information content (AvgIpc) is 2.66. The minimum atomic E-state index is -0.374. The quantitative estimate of drug-likeness (QED) is 0.701. The van der Waals surface area contributed by atoms with Crippen molar-refractivity contribution in [3.8, 4) is 0 Å². The molecule has 0 aromatic carbocycles. The zero-order valence-electron chi connectivity index (χ0n) is 10.8. The lowest BCUT2D eigenvalue weighted by Crippen LogP contribution is -2.31. The number of hydrogen-bond acceptors (Lipinski definition) is 1. The molecule has 0 saturated heterocycles. The van der Waals surface area contributed by atoms with Crippen molar-refractivity contribution in [3.63, 3.8) is 0 Å². The summed E-state index contributed by atoms with van der Waals surface area (Å²) >= 11 is 0. The molecule has 0 amide bonds. The Bertz CT molecular complexity index is 172. The summed E-state index contributed by atoms with van der Waals surface area (Å²) in [5.74, 6) is 1.70. The van der Waals surface area contributed by atoms with Gasteiger partial charge in [-0.1, -0.05) is 52.9 Å². The molecule has 0 bridgehead atoms. The van der Waals surface area contributed by atoms with Gasteiger partial charge in [-0.25, -0.2) is 0 Å². The molecular formula is C14H28O. The van der Waals surface area contributed by atoms with Crippen LogP contribution >= 0.6 is 0 Å². The molecule has 1 heteroatoms. The lowest BCUT2D eigenvalue weighted by Gasteiger charge is -2.31. The number of hydrogen-bond donors (Lipinski definition) is 1. The van der Waals surface area contributed by atoms with Gasteiger partial charge in [0.05, 0.1) is 5.60 Å². The molecule has 1 nitrogen and oxygen atoms in total. The molecular weight excluding hydrogens is 184 g/mol. The Morgan fingerprint density at radius 3 is 2.20 bits per heavy atom. The first kappa shape index (κ1) is 13.0. The predicted octanol–water partition coefficient (Wildman–Crippen LogP) is 4.14. The Morgan fingerprint density at radius 2 is 1.67 bits per heavy atom. The van der Waals surface area contributed by atoms with Crippen LogP contribution in [0, 0.1) is 11.8 Å². The maximum Gasteiger partial charge on any atom is 0.0645 e. The Balaban J connectivity index is 2.48. The minimum absolute atomic E-state index is 0.374.